The Hall–Kier alpha value is -0.250. The molecule has 0 bridgehead atoms. The molecule has 0 radical (unpaired) electrons. The minimum absolute atomic E-state index is 0.0544. The lowest BCUT2D eigenvalue weighted by Crippen LogP contribution is -2.19. The molecule has 0 unspecified atom stereocenters. The predicted octanol–water partition coefficient (Wildman–Crippen LogP) is 8.33. The molecule has 0 aliphatic heterocycles. The van der Waals surface area contributed by atoms with Gasteiger partial charge in [-0.1, -0.05) is 99.4 Å². The van der Waals surface area contributed by atoms with Crippen LogP contribution in [0.25, 0.3) is 0 Å². The quantitative estimate of drug-likeness (QED) is 0.224. The summed E-state index contributed by atoms with van der Waals surface area (Å²) in [6.07, 6.45) is 23.3. The van der Waals surface area contributed by atoms with Gasteiger partial charge in [0.15, 0.2) is 0 Å². The average molecular weight is 447 g/mol. The third-order valence-corrected chi connectivity index (χ3v) is 6.12. The van der Waals surface area contributed by atoms with Crippen molar-refractivity contribution >= 4 is 22.1 Å². The maximum atomic E-state index is 12.0. The molecule has 0 atom stereocenters. The summed E-state index contributed by atoms with van der Waals surface area (Å²) in [5.41, 5.74) is 0. The van der Waals surface area contributed by atoms with Crippen LogP contribution in [0.4, 0.5) is 4.79 Å². The molecule has 0 aromatic carbocycles. The molecular formula is C23H43BrO3. The zero-order valence-electron chi connectivity index (χ0n) is 17.5. The largest absolute Gasteiger partial charge is 0.508 e. The molecule has 0 heterocycles. The molecule has 0 spiro atoms. The zero-order valence-corrected chi connectivity index (χ0v) is 19.1. The SMILES string of the molecule is O=C(OCCCCCCBr)OC1CCCCCCCCCCCCCCC1. The maximum Gasteiger partial charge on any atom is 0.508 e. The number of carbonyl (C=O) groups is 1. The first-order valence-corrected chi connectivity index (χ1v) is 12.8. The van der Waals surface area contributed by atoms with Crippen molar-refractivity contribution in [2.24, 2.45) is 0 Å². The van der Waals surface area contributed by atoms with Gasteiger partial charge in [-0.3, -0.25) is 0 Å². The topological polar surface area (TPSA) is 35.5 Å². The van der Waals surface area contributed by atoms with E-state index in [1.54, 1.807) is 0 Å². The van der Waals surface area contributed by atoms with Crippen molar-refractivity contribution in [1.29, 1.82) is 0 Å². The summed E-state index contributed by atoms with van der Waals surface area (Å²) in [5.74, 6) is 0. The van der Waals surface area contributed by atoms with E-state index < -0.39 is 6.16 Å². The van der Waals surface area contributed by atoms with Gasteiger partial charge in [0.05, 0.1) is 6.61 Å². The number of unbranched alkanes of at least 4 members (excludes halogenated alkanes) is 3. The monoisotopic (exact) mass is 446 g/mol. The van der Waals surface area contributed by atoms with Crippen LogP contribution in [0.1, 0.15) is 122 Å². The van der Waals surface area contributed by atoms with Gasteiger partial charge in [-0.15, -0.1) is 0 Å². The highest BCUT2D eigenvalue weighted by atomic mass is 79.9. The van der Waals surface area contributed by atoms with E-state index in [1.165, 1.54) is 96.3 Å². The van der Waals surface area contributed by atoms with Gasteiger partial charge in [-0.2, -0.15) is 0 Å². The van der Waals surface area contributed by atoms with Gasteiger partial charge in [0.2, 0.25) is 0 Å². The van der Waals surface area contributed by atoms with Crippen molar-refractivity contribution in [3.8, 4) is 0 Å². The van der Waals surface area contributed by atoms with Gasteiger partial charge in [-0.05, 0) is 38.5 Å². The van der Waals surface area contributed by atoms with Crippen molar-refractivity contribution < 1.29 is 14.3 Å². The number of halogens is 1. The Morgan fingerprint density at radius 3 is 1.59 bits per heavy atom. The van der Waals surface area contributed by atoms with Crippen molar-refractivity contribution in [3.05, 3.63) is 0 Å². The van der Waals surface area contributed by atoms with Crippen molar-refractivity contribution in [1.82, 2.24) is 0 Å². The third kappa shape index (κ3) is 16.4. The second kappa shape index (κ2) is 19.1. The molecule has 1 saturated carbocycles. The molecule has 0 aromatic rings. The number of hydrogen-bond donors (Lipinski definition) is 0. The summed E-state index contributed by atoms with van der Waals surface area (Å²) in [5, 5.41) is 1.05. The minimum Gasteiger partial charge on any atom is -0.434 e. The Bertz CT molecular complexity index is 320. The van der Waals surface area contributed by atoms with Crippen LogP contribution >= 0.6 is 15.9 Å². The molecule has 1 fully saturated rings. The van der Waals surface area contributed by atoms with Crippen LogP contribution in [0.2, 0.25) is 0 Å². The number of carbonyl (C=O) groups excluding carboxylic acids is 1. The van der Waals surface area contributed by atoms with Crippen LogP contribution in [0, 0.1) is 0 Å². The van der Waals surface area contributed by atoms with Gasteiger partial charge in [0, 0.05) is 5.33 Å². The summed E-state index contributed by atoms with van der Waals surface area (Å²) in [7, 11) is 0. The molecule has 1 aliphatic rings. The Labute approximate surface area is 176 Å². The van der Waals surface area contributed by atoms with E-state index in [9.17, 15) is 4.79 Å². The smallest absolute Gasteiger partial charge is 0.434 e. The lowest BCUT2D eigenvalue weighted by molar-refractivity contribution is 0.0154. The predicted molar refractivity (Wildman–Crippen MR) is 118 cm³/mol. The molecule has 0 saturated heterocycles. The molecule has 27 heavy (non-hydrogen) atoms. The molecule has 0 aromatic heterocycles. The minimum atomic E-state index is -0.449. The number of rotatable bonds is 7. The molecule has 0 N–H and O–H groups in total. The normalized spacial score (nSPS) is 19.4. The first kappa shape index (κ1) is 24.8. The van der Waals surface area contributed by atoms with Crippen LogP contribution in [0.15, 0.2) is 0 Å². The highest BCUT2D eigenvalue weighted by molar-refractivity contribution is 9.09. The lowest BCUT2D eigenvalue weighted by Gasteiger charge is -2.18. The van der Waals surface area contributed by atoms with Gasteiger partial charge in [-0.25, -0.2) is 4.79 Å². The van der Waals surface area contributed by atoms with Crippen molar-refractivity contribution in [3.63, 3.8) is 0 Å². The van der Waals surface area contributed by atoms with E-state index in [-0.39, 0.29) is 6.10 Å². The summed E-state index contributed by atoms with van der Waals surface area (Å²) >= 11 is 3.44. The standard InChI is InChI=1S/C23H43BrO3/c24-20-16-12-13-17-21-26-23(25)27-22-18-14-10-8-6-4-2-1-3-5-7-9-11-15-19-22/h22H,1-21H2. The highest BCUT2D eigenvalue weighted by Gasteiger charge is 2.15. The molecule has 1 rings (SSSR count). The van der Waals surface area contributed by atoms with E-state index in [1.807, 2.05) is 0 Å². The zero-order chi connectivity index (χ0) is 19.4. The maximum absolute atomic E-state index is 12.0. The van der Waals surface area contributed by atoms with Crippen LogP contribution in [-0.4, -0.2) is 24.2 Å². The van der Waals surface area contributed by atoms with Gasteiger partial charge in [0.1, 0.15) is 6.10 Å². The Balaban J connectivity index is 2.23. The molecular weight excluding hydrogens is 404 g/mol. The van der Waals surface area contributed by atoms with Gasteiger partial charge < -0.3 is 9.47 Å². The summed E-state index contributed by atoms with van der Waals surface area (Å²) in [6, 6.07) is 0. The summed E-state index contributed by atoms with van der Waals surface area (Å²) in [6.45, 7) is 0.494. The van der Waals surface area contributed by atoms with E-state index in [0.29, 0.717) is 6.61 Å². The molecule has 0 amide bonds. The van der Waals surface area contributed by atoms with Crippen LogP contribution in [0.3, 0.4) is 0 Å². The second-order valence-electron chi connectivity index (χ2n) is 8.12. The van der Waals surface area contributed by atoms with E-state index >= 15 is 0 Å². The van der Waals surface area contributed by atoms with Gasteiger partial charge >= 0.3 is 6.16 Å². The number of hydrogen-bond acceptors (Lipinski definition) is 3. The fourth-order valence-electron chi connectivity index (χ4n) is 3.83. The third-order valence-electron chi connectivity index (χ3n) is 5.56. The summed E-state index contributed by atoms with van der Waals surface area (Å²) in [4.78, 5) is 12.0. The van der Waals surface area contributed by atoms with Crippen LogP contribution < -0.4 is 0 Å². The molecule has 160 valence electrons. The number of alkyl halides is 1. The fraction of sp³-hybridized carbons (Fsp3) is 0.957. The van der Waals surface area contributed by atoms with E-state index in [0.717, 1.165) is 31.0 Å². The number of ether oxygens (including phenoxy) is 2. The first-order chi connectivity index (χ1) is 13.3. The molecule has 1 aliphatic carbocycles. The average Bonchev–Trinajstić information content (AvgIpc) is 2.66. The Kier molecular flexibility index (Phi) is 17.5. The molecule has 3 nitrogen and oxygen atoms in total. The van der Waals surface area contributed by atoms with Crippen LogP contribution in [-0.2, 0) is 9.47 Å². The van der Waals surface area contributed by atoms with Crippen molar-refractivity contribution in [2.45, 2.75) is 128 Å². The Morgan fingerprint density at radius 2 is 1.11 bits per heavy atom. The summed E-state index contributed by atoms with van der Waals surface area (Å²) < 4.78 is 10.9. The second-order valence-corrected chi connectivity index (χ2v) is 8.91. The van der Waals surface area contributed by atoms with Crippen molar-refractivity contribution in [2.75, 3.05) is 11.9 Å². The van der Waals surface area contributed by atoms with Crippen LogP contribution in [0.5, 0.6) is 0 Å². The molecule has 4 heteroatoms. The van der Waals surface area contributed by atoms with E-state index in [2.05, 4.69) is 15.9 Å². The Morgan fingerprint density at radius 1 is 0.667 bits per heavy atom. The van der Waals surface area contributed by atoms with E-state index in [4.69, 9.17) is 9.47 Å². The fourth-order valence-corrected chi connectivity index (χ4v) is 4.22. The highest BCUT2D eigenvalue weighted by Crippen LogP contribution is 2.19. The first-order valence-electron chi connectivity index (χ1n) is 11.7. The lowest BCUT2D eigenvalue weighted by atomic mass is 10.00. The van der Waals surface area contributed by atoms with Gasteiger partial charge in [0.25, 0.3) is 0 Å².